The Hall–Kier alpha value is -0.900. The van der Waals surface area contributed by atoms with Gasteiger partial charge in [-0.25, -0.2) is 0 Å². The zero-order chi connectivity index (χ0) is 14.7. The van der Waals surface area contributed by atoms with Gasteiger partial charge in [0, 0.05) is 45.4 Å². The highest BCUT2D eigenvalue weighted by Gasteiger charge is 2.32. The summed E-state index contributed by atoms with van der Waals surface area (Å²) in [5.74, 6) is 0.733. The van der Waals surface area contributed by atoms with Crippen LogP contribution in [-0.2, 0) is 4.74 Å². The zero-order valence-corrected chi connectivity index (χ0v) is 13.4. The topological polar surface area (TPSA) is 24.5 Å². The molecule has 1 atom stereocenters. The van der Waals surface area contributed by atoms with Crippen LogP contribution in [0.3, 0.4) is 0 Å². The van der Waals surface area contributed by atoms with Crippen LogP contribution in [-0.4, -0.2) is 44.3 Å². The van der Waals surface area contributed by atoms with Gasteiger partial charge in [-0.2, -0.15) is 0 Å². The van der Waals surface area contributed by atoms with Gasteiger partial charge in [-0.15, -0.1) is 0 Å². The van der Waals surface area contributed by atoms with Crippen LogP contribution in [0.25, 0.3) is 0 Å². The molecule has 0 bridgehead atoms. The van der Waals surface area contributed by atoms with Crippen LogP contribution in [0.2, 0.25) is 0 Å². The molecule has 0 amide bonds. The van der Waals surface area contributed by atoms with Crippen molar-refractivity contribution >= 4 is 0 Å². The summed E-state index contributed by atoms with van der Waals surface area (Å²) in [6, 6.07) is 7.30. The number of hydrogen-bond donors (Lipinski definition) is 1. The first kappa shape index (κ1) is 15.0. The Morgan fingerprint density at radius 3 is 2.33 bits per heavy atom. The standard InChI is InChI=1S/C18H28N2O/c1-14-4-3-5-15(2)17(14)18(16-6-12-21-13-7-16)20-10-8-19-9-11-20/h3-5,16,18-19H,6-13H2,1-2H3/t18-/m0/s1. The van der Waals surface area contributed by atoms with E-state index >= 15 is 0 Å². The number of nitrogens with one attached hydrogen (secondary N) is 1. The minimum atomic E-state index is 0.567. The molecule has 1 N–H and O–H groups in total. The summed E-state index contributed by atoms with van der Waals surface area (Å²) in [7, 11) is 0. The lowest BCUT2D eigenvalue weighted by atomic mass is 9.82. The highest BCUT2D eigenvalue weighted by atomic mass is 16.5. The zero-order valence-electron chi connectivity index (χ0n) is 13.4. The normalized spacial score (nSPS) is 23.1. The second-order valence-electron chi connectivity index (χ2n) is 6.49. The van der Waals surface area contributed by atoms with Crippen LogP contribution in [0.5, 0.6) is 0 Å². The van der Waals surface area contributed by atoms with Crippen molar-refractivity contribution in [3.05, 3.63) is 34.9 Å². The summed E-state index contributed by atoms with van der Waals surface area (Å²) in [4.78, 5) is 2.71. The van der Waals surface area contributed by atoms with Crippen molar-refractivity contribution in [2.75, 3.05) is 39.4 Å². The van der Waals surface area contributed by atoms with E-state index in [-0.39, 0.29) is 0 Å². The van der Waals surface area contributed by atoms with Gasteiger partial charge in [0.2, 0.25) is 0 Å². The van der Waals surface area contributed by atoms with Gasteiger partial charge in [0.05, 0.1) is 0 Å². The molecule has 3 rings (SSSR count). The third kappa shape index (κ3) is 3.31. The van der Waals surface area contributed by atoms with Crippen LogP contribution in [0.15, 0.2) is 18.2 Å². The summed E-state index contributed by atoms with van der Waals surface area (Å²) in [5, 5.41) is 3.49. The Bertz CT molecular complexity index is 424. The quantitative estimate of drug-likeness (QED) is 0.925. The maximum absolute atomic E-state index is 5.60. The summed E-state index contributed by atoms with van der Waals surface area (Å²) < 4.78 is 5.60. The molecule has 2 fully saturated rings. The number of benzene rings is 1. The summed E-state index contributed by atoms with van der Waals surface area (Å²) in [6.07, 6.45) is 2.39. The molecular formula is C18H28N2O. The lowest BCUT2D eigenvalue weighted by molar-refractivity contribution is 0.0209. The maximum Gasteiger partial charge on any atom is 0.0469 e. The van der Waals surface area contributed by atoms with Gasteiger partial charge in [0.1, 0.15) is 0 Å². The van der Waals surface area contributed by atoms with Crippen LogP contribution in [0, 0.1) is 19.8 Å². The Morgan fingerprint density at radius 2 is 1.71 bits per heavy atom. The average molecular weight is 288 g/mol. The van der Waals surface area contributed by atoms with Crippen molar-refractivity contribution < 1.29 is 4.74 Å². The van der Waals surface area contributed by atoms with E-state index < -0.39 is 0 Å². The minimum Gasteiger partial charge on any atom is -0.381 e. The Kier molecular flexibility index (Phi) is 4.94. The first-order valence-electron chi connectivity index (χ1n) is 8.36. The summed E-state index contributed by atoms with van der Waals surface area (Å²) >= 11 is 0. The van der Waals surface area contributed by atoms with Gasteiger partial charge in [-0.1, -0.05) is 18.2 Å². The fraction of sp³-hybridized carbons (Fsp3) is 0.667. The van der Waals surface area contributed by atoms with Crippen LogP contribution in [0.4, 0.5) is 0 Å². The van der Waals surface area contributed by atoms with Crippen LogP contribution in [0.1, 0.15) is 35.6 Å². The van der Waals surface area contributed by atoms with Crippen LogP contribution < -0.4 is 5.32 Å². The SMILES string of the molecule is Cc1cccc(C)c1[C@H](C1CCOCC1)N1CCNCC1. The number of ether oxygens (including phenoxy) is 1. The van der Waals surface area contributed by atoms with Gasteiger partial charge >= 0.3 is 0 Å². The highest BCUT2D eigenvalue weighted by Crippen LogP contribution is 2.38. The van der Waals surface area contributed by atoms with Gasteiger partial charge in [0.25, 0.3) is 0 Å². The molecular weight excluding hydrogens is 260 g/mol. The monoisotopic (exact) mass is 288 g/mol. The molecule has 2 heterocycles. The predicted molar refractivity (Wildman–Crippen MR) is 86.6 cm³/mol. The lowest BCUT2D eigenvalue weighted by Crippen LogP contribution is -2.48. The van der Waals surface area contributed by atoms with E-state index in [2.05, 4.69) is 42.3 Å². The van der Waals surface area contributed by atoms with Crippen molar-refractivity contribution in [3.63, 3.8) is 0 Å². The minimum absolute atomic E-state index is 0.567. The molecule has 1 aromatic rings. The Balaban J connectivity index is 1.94. The van der Waals surface area contributed by atoms with Gasteiger partial charge in [-0.05, 0) is 49.3 Å². The number of nitrogens with zero attached hydrogens (tertiary/aromatic N) is 1. The predicted octanol–water partition coefficient (Wildman–Crippen LogP) is 2.68. The van der Waals surface area contributed by atoms with E-state index in [0.717, 1.165) is 45.3 Å². The highest BCUT2D eigenvalue weighted by molar-refractivity contribution is 5.37. The van der Waals surface area contributed by atoms with Crippen LogP contribution >= 0.6 is 0 Å². The number of rotatable bonds is 3. The first-order valence-corrected chi connectivity index (χ1v) is 8.36. The molecule has 2 aliphatic rings. The molecule has 2 saturated heterocycles. The molecule has 116 valence electrons. The second-order valence-corrected chi connectivity index (χ2v) is 6.49. The van der Waals surface area contributed by atoms with Gasteiger partial charge in [0.15, 0.2) is 0 Å². The smallest absolute Gasteiger partial charge is 0.0469 e. The number of hydrogen-bond acceptors (Lipinski definition) is 3. The fourth-order valence-corrected chi connectivity index (χ4v) is 4.00. The molecule has 3 heteroatoms. The first-order chi connectivity index (χ1) is 10.3. The molecule has 3 nitrogen and oxygen atoms in total. The second kappa shape index (κ2) is 6.91. The van der Waals surface area contributed by atoms with Crippen molar-refractivity contribution in [1.82, 2.24) is 10.2 Å². The largest absolute Gasteiger partial charge is 0.381 e. The van der Waals surface area contributed by atoms with Gasteiger partial charge in [-0.3, -0.25) is 4.90 Å². The molecule has 21 heavy (non-hydrogen) atoms. The number of aryl methyl sites for hydroxylation is 2. The molecule has 0 aliphatic carbocycles. The lowest BCUT2D eigenvalue weighted by Gasteiger charge is -2.42. The Labute approximate surface area is 128 Å². The third-order valence-corrected chi connectivity index (χ3v) is 5.10. The molecule has 0 aromatic heterocycles. The molecule has 1 aromatic carbocycles. The van der Waals surface area contributed by atoms with E-state index in [1.54, 1.807) is 5.56 Å². The molecule has 0 unspecified atom stereocenters. The van der Waals surface area contributed by atoms with E-state index in [9.17, 15) is 0 Å². The van der Waals surface area contributed by atoms with Gasteiger partial charge < -0.3 is 10.1 Å². The maximum atomic E-state index is 5.60. The van der Waals surface area contributed by atoms with Crippen molar-refractivity contribution in [2.24, 2.45) is 5.92 Å². The van der Waals surface area contributed by atoms with Crippen molar-refractivity contribution in [1.29, 1.82) is 0 Å². The third-order valence-electron chi connectivity index (χ3n) is 5.10. The van der Waals surface area contributed by atoms with E-state index in [1.807, 2.05) is 0 Å². The Morgan fingerprint density at radius 1 is 1.10 bits per heavy atom. The molecule has 0 saturated carbocycles. The number of piperazine rings is 1. The molecule has 0 radical (unpaired) electrons. The average Bonchev–Trinajstić information content (AvgIpc) is 2.53. The van der Waals surface area contributed by atoms with Crippen molar-refractivity contribution in [3.8, 4) is 0 Å². The molecule has 0 spiro atoms. The summed E-state index contributed by atoms with van der Waals surface area (Å²) in [5.41, 5.74) is 4.47. The summed E-state index contributed by atoms with van der Waals surface area (Å²) in [6.45, 7) is 11.0. The van der Waals surface area contributed by atoms with E-state index in [0.29, 0.717) is 6.04 Å². The fourth-order valence-electron chi connectivity index (χ4n) is 4.00. The van der Waals surface area contributed by atoms with Crippen molar-refractivity contribution in [2.45, 2.75) is 32.7 Å². The van der Waals surface area contributed by atoms with E-state index in [1.165, 1.54) is 24.0 Å². The molecule has 2 aliphatic heterocycles. The van der Waals surface area contributed by atoms with E-state index in [4.69, 9.17) is 4.74 Å².